The second-order valence-electron chi connectivity index (χ2n) is 5.76. The molecule has 1 aliphatic carbocycles. The van der Waals surface area contributed by atoms with Crippen LogP contribution < -0.4 is 5.73 Å². The lowest BCUT2D eigenvalue weighted by Crippen LogP contribution is -2.14. The fraction of sp³-hybridized carbons (Fsp3) is 0.304. The standard InChI is InChI=1S/C13H18O.C8H11N.C2H4/c1-4-9-12(14-3)13(2)10-7-5-6-8-11-13;1-7-2-4-8(6-9)5-3-7;1-2/h5-11H,4H2,1-3H3;2-5H,6,9H2,1H3;1-2H2/b12-9+;;. The first kappa shape index (κ1) is 22.7. The Hall–Kier alpha value is -2.32. The van der Waals surface area contributed by atoms with E-state index in [1.807, 2.05) is 12.2 Å². The fourth-order valence-corrected chi connectivity index (χ4v) is 2.29. The monoisotopic (exact) mass is 339 g/mol. The van der Waals surface area contributed by atoms with Gasteiger partial charge in [0, 0.05) is 6.54 Å². The third-order valence-electron chi connectivity index (χ3n) is 3.71. The quantitative estimate of drug-likeness (QED) is 0.550. The van der Waals surface area contributed by atoms with Gasteiger partial charge in [0.2, 0.25) is 0 Å². The van der Waals surface area contributed by atoms with Crippen molar-refractivity contribution in [2.75, 3.05) is 7.11 Å². The van der Waals surface area contributed by atoms with Crippen LogP contribution in [0.3, 0.4) is 0 Å². The molecule has 0 bridgehead atoms. The Balaban J connectivity index is 0.000000451. The summed E-state index contributed by atoms with van der Waals surface area (Å²) < 4.78 is 5.42. The van der Waals surface area contributed by atoms with Gasteiger partial charge in [-0.2, -0.15) is 0 Å². The summed E-state index contributed by atoms with van der Waals surface area (Å²) >= 11 is 0. The normalized spacial score (nSPS) is 14.5. The van der Waals surface area contributed by atoms with Gasteiger partial charge in [-0.25, -0.2) is 0 Å². The lowest BCUT2D eigenvalue weighted by atomic mass is 9.87. The molecule has 2 N–H and O–H groups in total. The Labute approximate surface area is 154 Å². The average Bonchev–Trinajstić information content (AvgIpc) is 2.88. The predicted octanol–water partition coefficient (Wildman–Crippen LogP) is 5.87. The maximum absolute atomic E-state index is 5.42. The van der Waals surface area contributed by atoms with E-state index in [9.17, 15) is 0 Å². The highest BCUT2D eigenvalue weighted by Crippen LogP contribution is 2.32. The van der Waals surface area contributed by atoms with Crippen LogP contribution in [0.2, 0.25) is 0 Å². The van der Waals surface area contributed by atoms with Gasteiger partial charge in [0.05, 0.1) is 12.5 Å². The van der Waals surface area contributed by atoms with Crippen molar-refractivity contribution >= 4 is 0 Å². The summed E-state index contributed by atoms with van der Waals surface area (Å²) in [5, 5.41) is 0. The number of rotatable bonds is 4. The van der Waals surface area contributed by atoms with Crippen molar-refractivity contribution < 1.29 is 4.74 Å². The minimum absolute atomic E-state index is 0.103. The van der Waals surface area contributed by atoms with Gasteiger partial charge in [0.1, 0.15) is 5.76 Å². The van der Waals surface area contributed by atoms with Crippen LogP contribution in [0.25, 0.3) is 0 Å². The molecule has 0 aromatic heterocycles. The van der Waals surface area contributed by atoms with Crippen LogP contribution >= 0.6 is 0 Å². The van der Waals surface area contributed by atoms with Crippen LogP contribution in [0.1, 0.15) is 31.4 Å². The minimum atomic E-state index is -0.103. The largest absolute Gasteiger partial charge is 0.500 e. The number of allylic oxidation sites excluding steroid dienone is 6. The molecule has 0 aliphatic heterocycles. The molecule has 0 radical (unpaired) electrons. The van der Waals surface area contributed by atoms with Crippen LogP contribution in [0.4, 0.5) is 0 Å². The number of nitrogens with two attached hydrogens (primary N) is 1. The third kappa shape index (κ3) is 8.37. The van der Waals surface area contributed by atoms with Crippen molar-refractivity contribution in [2.24, 2.45) is 11.1 Å². The molecule has 0 saturated heterocycles. The van der Waals surface area contributed by atoms with Gasteiger partial charge in [-0.05, 0) is 31.9 Å². The topological polar surface area (TPSA) is 35.2 Å². The molecule has 2 nitrogen and oxygen atoms in total. The number of ether oxygens (including phenoxy) is 1. The van der Waals surface area contributed by atoms with Crippen LogP contribution in [-0.2, 0) is 11.3 Å². The zero-order valence-electron chi connectivity index (χ0n) is 16.2. The van der Waals surface area contributed by atoms with Crippen LogP contribution in [0.5, 0.6) is 0 Å². The smallest absolute Gasteiger partial charge is 0.105 e. The summed E-state index contributed by atoms with van der Waals surface area (Å²) in [6.45, 7) is 13.0. The highest BCUT2D eigenvalue weighted by atomic mass is 16.5. The maximum atomic E-state index is 5.42. The van der Waals surface area contributed by atoms with Crippen molar-refractivity contribution in [1.82, 2.24) is 0 Å². The molecule has 1 aromatic rings. The molecule has 2 heteroatoms. The summed E-state index contributed by atoms with van der Waals surface area (Å²) in [7, 11) is 1.73. The Morgan fingerprint density at radius 2 is 1.60 bits per heavy atom. The van der Waals surface area contributed by atoms with Crippen LogP contribution in [0.15, 0.2) is 85.7 Å². The minimum Gasteiger partial charge on any atom is -0.500 e. The molecule has 136 valence electrons. The van der Waals surface area contributed by atoms with E-state index < -0.39 is 0 Å². The molecular formula is C23H33NO. The molecule has 25 heavy (non-hydrogen) atoms. The zero-order valence-corrected chi connectivity index (χ0v) is 16.2. The van der Waals surface area contributed by atoms with Gasteiger partial charge >= 0.3 is 0 Å². The Kier molecular flexibility index (Phi) is 11.8. The summed E-state index contributed by atoms with van der Waals surface area (Å²) in [5.74, 6) is 1.01. The van der Waals surface area contributed by atoms with E-state index in [4.69, 9.17) is 10.5 Å². The first-order valence-corrected chi connectivity index (χ1v) is 8.59. The fourth-order valence-electron chi connectivity index (χ4n) is 2.29. The number of benzene rings is 1. The molecular weight excluding hydrogens is 306 g/mol. The number of hydrogen-bond donors (Lipinski definition) is 1. The van der Waals surface area contributed by atoms with Gasteiger partial charge in [-0.1, -0.05) is 73.2 Å². The van der Waals surface area contributed by atoms with E-state index in [1.54, 1.807) is 7.11 Å². The molecule has 0 unspecified atom stereocenters. The first-order chi connectivity index (χ1) is 12.1. The van der Waals surface area contributed by atoms with E-state index in [2.05, 4.69) is 88.6 Å². The van der Waals surface area contributed by atoms with E-state index in [1.165, 1.54) is 11.1 Å². The summed E-state index contributed by atoms with van der Waals surface area (Å²) in [6, 6.07) is 8.25. The molecule has 0 saturated carbocycles. The molecule has 0 heterocycles. The second-order valence-corrected chi connectivity index (χ2v) is 5.76. The predicted molar refractivity (Wildman–Crippen MR) is 111 cm³/mol. The zero-order chi connectivity index (χ0) is 19.1. The highest BCUT2D eigenvalue weighted by molar-refractivity contribution is 5.31. The van der Waals surface area contributed by atoms with Gasteiger partial charge in [-0.3, -0.25) is 0 Å². The SMILES string of the molecule is C=C.CC/C=C(/OC)C1(C)C=CC=CC=C1.Cc1ccc(CN)cc1. The molecule has 0 atom stereocenters. The second kappa shape index (κ2) is 13.0. The molecule has 1 aromatic carbocycles. The molecule has 1 aliphatic rings. The summed E-state index contributed by atoms with van der Waals surface area (Å²) in [5.41, 5.74) is 7.78. The van der Waals surface area contributed by atoms with Crippen LogP contribution in [0, 0.1) is 12.3 Å². The number of hydrogen-bond acceptors (Lipinski definition) is 2. The summed E-state index contributed by atoms with van der Waals surface area (Å²) in [6.07, 6.45) is 15.6. The van der Waals surface area contributed by atoms with E-state index in [0.717, 1.165) is 12.2 Å². The lowest BCUT2D eigenvalue weighted by molar-refractivity contribution is 0.234. The van der Waals surface area contributed by atoms with Crippen molar-refractivity contribution in [3.8, 4) is 0 Å². The number of methoxy groups -OCH3 is 1. The molecule has 0 amide bonds. The molecule has 0 fully saturated rings. The Bertz CT molecular complexity index is 575. The van der Waals surface area contributed by atoms with E-state index >= 15 is 0 Å². The van der Waals surface area contributed by atoms with Gasteiger partial charge in [-0.15, -0.1) is 13.2 Å². The lowest BCUT2D eigenvalue weighted by Gasteiger charge is -2.24. The molecule has 0 spiro atoms. The van der Waals surface area contributed by atoms with Gasteiger partial charge in [0.15, 0.2) is 0 Å². The maximum Gasteiger partial charge on any atom is 0.105 e. The van der Waals surface area contributed by atoms with E-state index in [-0.39, 0.29) is 5.41 Å². The van der Waals surface area contributed by atoms with Gasteiger partial charge in [0.25, 0.3) is 0 Å². The summed E-state index contributed by atoms with van der Waals surface area (Å²) in [4.78, 5) is 0. The van der Waals surface area contributed by atoms with Crippen LogP contribution in [-0.4, -0.2) is 7.11 Å². The van der Waals surface area contributed by atoms with Crippen molar-refractivity contribution in [1.29, 1.82) is 0 Å². The highest BCUT2D eigenvalue weighted by Gasteiger charge is 2.23. The van der Waals surface area contributed by atoms with Crippen molar-refractivity contribution in [3.63, 3.8) is 0 Å². The van der Waals surface area contributed by atoms with Crippen molar-refractivity contribution in [3.05, 3.63) is 96.8 Å². The van der Waals surface area contributed by atoms with E-state index in [0.29, 0.717) is 6.54 Å². The van der Waals surface area contributed by atoms with Crippen molar-refractivity contribution in [2.45, 2.75) is 33.7 Å². The Morgan fingerprint density at radius 1 is 1.08 bits per heavy atom. The number of aryl methyl sites for hydroxylation is 1. The Morgan fingerprint density at radius 3 is 2.00 bits per heavy atom. The first-order valence-electron chi connectivity index (χ1n) is 8.59. The third-order valence-corrected chi connectivity index (χ3v) is 3.71. The van der Waals surface area contributed by atoms with Gasteiger partial charge < -0.3 is 10.5 Å². The average molecular weight is 340 g/mol. The molecule has 2 rings (SSSR count).